The number of aryl methyl sites for hydroxylation is 2. The Morgan fingerprint density at radius 2 is 1.96 bits per heavy atom. The van der Waals surface area contributed by atoms with E-state index >= 15 is 0 Å². The summed E-state index contributed by atoms with van der Waals surface area (Å²) >= 11 is 1.38. The van der Waals surface area contributed by atoms with E-state index in [1.807, 2.05) is 18.2 Å². The van der Waals surface area contributed by atoms with Gasteiger partial charge in [0.05, 0.1) is 11.5 Å². The van der Waals surface area contributed by atoms with E-state index in [9.17, 15) is 18.0 Å². The lowest BCUT2D eigenvalue weighted by Crippen LogP contribution is -2.38. The Morgan fingerprint density at radius 3 is 2.74 bits per heavy atom. The third-order valence-corrected chi connectivity index (χ3v) is 7.83. The fraction of sp³-hybridized carbons (Fsp3) is 0.368. The molecular weight excluding hydrogens is 386 g/mol. The highest BCUT2D eigenvalue weighted by molar-refractivity contribution is 7.91. The minimum atomic E-state index is -3.06. The minimum absolute atomic E-state index is 0.0518. The van der Waals surface area contributed by atoms with Crippen molar-refractivity contribution in [2.45, 2.75) is 25.3 Å². The molecule has 1 atom stereocenters. The molecule has 1 unspecified atom stereocenters. The average Bonchev–Trinajstić information content (AvgIpc) is 3.22. The third kappa shape index (κ3) is 3.91. The Bertz CT molecular complexity index is 1010. The van der Waals surface area contributed by atoms with Crippen LogP contribution in [0.2, 0.25) is 0 Å². The molecule has 2 aliphatic rings. The summed E-state index contributed by atoms with van der Waals surface area (Å²) in [7, 11) is -3.06. The van der Waals surface area contributed by atoms with Crippen molar-refractivity contribution in [3.63, 3.8) is 0 Å². The Hall–Kier alpha value is -2.19. The summed E-state index contributed by atoms with van der Waals surface area (Å²) in [5, 5.41) is 2.61. The number of amides is 1. The first-order chi connectivity index (χ1) is 12.9. The van der Waals surface area contributed by atoms with Crippen molar-refractivity contribution in [1.82, 2.24) is 5.32 Å². The number of rotatable bonds is 4. The Labute approximate surface area is 161 Å². The number of thiophene rings is 1. The van der Waals surface area contributed by atoms with Crippen LogP contribution in [0.25, 0.3) is 10.4 Å². The number of benzene rings is 1. The van der Waals surface area contributed by atoms with E-state index in [0.717, 1.165) is 28.8 Å². The van der Waals surface area contributed by atoms with Gasteiger partial charge in [0.25, 0.3) is 5.91 Å². The molecule has 1 aromatic carbocycles. The highest BCUT2D eigenvalue weighted by Crippen LogP contribution is 2.39. The van der Waals surface area contributed by atoms with E-state index in [1.54, 1.807) is 0 Å². The molecule has 27 heavy (non-hydrogen) atoms. The molecule has 0 saturated carbocycles. The molecule has 0 bridgehead atoms. The van der Waals surface area contributed by atoms with Crippen molar-refractivity contribution in [2.24, 2.45) is 0 Å². The molecule has 1 N–H and O–H groups in total. The van der Waals surface area contributed by atoms with Crippen molar-refractivity contribution in [3.05, 3.63) is 46.3 Å². The number of sulfone groups is 1. The third-order valence-electron chi connectivity index (χ3n) is 4.87. The fourth-order valence-electron chi connectivity index (χ4n) is 3.55. The smallest absolute Gasteiger partial charge is 0.348 e. The van der Waals surface area contributed by atoms with Crippen LogP contribution in [0.15, 0.2) is 30.3 Å². The van der Waals surface area contributed by atoms with E-state index in [4.69, 9.17) is 4.74 Å². The van der Waals surface area contributed by atoms with Gasteiger partial charge >= 0.3 is 5.97 Å². The highest BCUT2D eigenvalue weighted by Gasteiger charge is 2.29. The molecule has 1 aliphatic heterocycles. The number of nitrogens with one attached hydrogen (secondary N) is 1. The molecule has 2 heterocycles. The van der Waals surface area contributed by atoms with Crippen LogP contribution >= 0.6 is 11.3 Å². The summed E-state index contributed by atoms with van der Waals surface area (Å²) in [5.74, 6) is -0.970. The molecule has 1 aliphatic carbocycles. The van der Waals surface area contributed by atoms with Gasteiger partial charge in [-0.3, -0.25) is 4.79 Å². The zero-order chi connectivity index (χ0) is 19.0. The quantitative estimate of drug-likeness (QED) is 0.786. The van der Waals surface area contributed by atoms with Crippen LogP contribution in [-0.2, 0) is 32.2 Å². The molecule has 8 heteroatoms. The number of hydrogen-bond donors (Lipinski definition) is 1. The molecule has 0 spiro atoms. The maximum Gasteiger partial charge on any atom is 0.348 e. The summed E-state index contributed by atoms with van der Waals surface area (Å²) < 4.78 is 28.0. The van der Waals surface area contributed by atoms with Crippen LogP contribution in [0.5, 0.6) is 0 Å². The number of carbonyl (C=O) groups excluding carboxylic acids is 2. The summed E-state index contributed by atoms with van der Waals surface area (Å²) in [5.41, 5.74) is 3.56. The van der Waals surface area contributed by atoms with Gasteiger partial charge in [-0.25, -0.2) is 13.2 Å². The summed E-state index contributed by atoms with van der Waals surface area (Å²) in [6, 6.07) is 9.61. The SMILES string of the molecule is O=C(COC(=O)c1cc2c(s1)-c1ccccc1CC2)NC1CCS(=O)(=O)C1. The molecule has 0 radical (unpaired) electrons. The van der Waals surface area contributed by atoms with E-state index in [-0.39, 0.29) is 11.5 Å². The zero-order valence-corrected chi connectivity index (χ0v) is 16.2. The van der Waals surface area contributed by atoms with Crippen LogP contribution in [0, 0.1) is 0 Å². The van der Waals surface area contributed by atoms with E-state index < -0.39 is 34.4 Å². The van der Waals surface area contributed by atoms with Crippen molar-refractivity contribution in [3.8, 4) is 10.4 Å². The van der Waals surface area contributed by atoms with E-state index in [2.05, 4.69) is 17.4 Å². The maximum absolute atomic E-state index is 12.3. The normalized spacial score (nSPS) is 19.8. The van der Waals surface area contributed by atoms with E-state index in [0.29, 0.717) is 11.3 Å². The molecule has 2 aromatic rings. The minimum Gasteiger partial charge on any atom is -0.451 e. The molecule has 142 valence electrons. The van der Waals surface area contributed by atoms with Gasteiger partial charge < -0.3 is 10.1 Å². The average molecular weight is 405 g/mol. The lowest BCUT2D eigenvalue weighted by atomic mass is 9.91. The second-order valence-electron chi connectivity index (χ2n) is 6.87. The van der Waals surface area contributed by atoms with Gasteiger partial charge in [0, 0.05) is 10.9 Å². The highest BCUT2D eigenvalue weighted by atomic mass is 32.2. The largest absolute Gasteiger partial charge is 0.451 e. The van der Waals surface area contributed by atoms with Crippen LogP contribution in [0.4, 0.5) is 0 Å². The van der Waals surface area contributed by atoms with Crippen molar-refractivity contribution in [1.29, 1.82) is 0 Å². The number of esters is 1. The number of fused-ring (bicyclic) bond motifs is 3. The number of hydrogen-bond acceptors (Lipinski definition) is 6. The maximum atomic E-state index is 12.3. The van der Waals surface area contributed by atoms with Crippen LogP contribution in [0.3, 0.4) is 0 Å². The first-order valence-corrected chi connectivity index (χ1v) is 11.4. The molecule has 1 saturated heterocycles. The topological polar surface area (TPSA) is 89.5 Å². The molecule has 1 fully saturated rings. The monoisotopic (exact) mass is 405 g/mol. The fourth-order valence-corrected chi connectivity index (χ4v) is 6.39. The van der Waals surface area contributed by atoms with Gasteiger partial charge in [0.2, 0.25) is 0 Å². The number of carbonyl (C=O) groups is 2. The van der Waals surface area contributed by atoms with Crippen LogP contribution < -0.4 is 5.32 Å². The Morgan fingerprint density at radius 1 is 1.19 bits per heavy atom. The second kappa shape index (κ2) is 7.09. The second-order valence-corrected chi connectivity index (χ2v) is 10.1. The van der Waals surface area contributed by atoms with Gasteiger partial charge in [-0.15, -0.1) is 11.3 Å². The zero-order valence-electron chi connectivity index (χ0n) is 14.6. The van der Waals surface area contributed by atoms with Gasteiger partial charge in [0.1, 0.15) is 4.88 Å². The number of ether oxygens (including phenoxy) is 1. The van der Waals surface area contributed by atoms with Crippen molar-refractivity contribution in [2.75, 3.05) is 18.1 Å². The molecule has 4 rings (SSSR count). The molecule has 6 nitrogen and oxygen atoms in total. The molecular formula is C19H19NO5S2. The molecule has 1 amide bonds. The van der Waals surface area contributed by atoms with Gasteiger partial charge in [-0.2, -0.15) is 0 Å². The summed E-state index contributed by atoms with van der Waals surface area (Å²) in [4.78, 5) is 25.8. The lowest BCUT2D eigenvalue weighted by molar-refractivity contribution is -0.124. The van der Waals surface area contributed by atoms with Crippen molar-refractivity contribution >= 4 is 33.1 Å². The molecule has 1 aromatic heterocycles. The lowest BCUT2D eigenvalue weighted by Gasteiger charge is -2.15. The van der Waals surface area contributed by atoms with Crippen molar-refractivity contribution < 1.29 is 22.7 Å². The van der Waals surface area contributed by atoms with Crippen LogP contribution in [-0.4, -0.2) is 44.4 Å². The van der Waals surface area contributed by atoms with Gasteiger partial charge in [0.15, 0.2) is 16.4 Å². The Kier molecular flexibility index (Phi) is 4.77. The predicted octanol–water partition coefficient (Wildman–Crippen LogP) is 1.97. The first-order valence-electron chi connectivity index (χ1n) is 8.79. The summed E-state index contributed by atoms with van der Waals surface area (Å²) in [6.45, 7) is -0.408. The van der Waals surface area contributed by atoms with Crippen LogP contribution in [0.1, 0.15) is 27.2 Å². The summed E-state index contributed by atoms with van der Waals surface area (Å²) in [6.07, 6.45) is 2.23. The van der Waals surface area contributed by atoms with Gasteiger partial charge in [-0.1, -0.05) is 24.3 Å². The van der Waals surface area contributed by atoms with E-state index in [1.165, 1.54) is 16.9 Å². The first kappa shape index (κ1) is 18.2. The van der Waals surface area contributed by atoms with Gasteiger partial charge in [-0.05, 0) is 42.0 Å². The predicted molar refractivity (Wildman–Crippen MR) is 103 cm³/mol. The standard InChI is InChI=1S/C19H19NO5S2/c21-17(20-14-7-8-27(23,24)11-14)10-25-19(22)16-9-13-6-5-12-3-1-2-4-15(12)18(13)26-16/h1-4,9,14H,5-8,10-11H2,(H,20,21). The Balaban J connectivity index is 1.37.